The molecule has 5 aliphatic rings. The van der Waals surface area contributed by atoms with Crippen LogP contribution in [0.3, 0.4) is 0 Å². The Labute approximate surface area is 189 Å². The minimum atomic E-state index is -1.85. The molecule has 6 atom stereocenters. The van der Waals surface area contributed by atoms with Gasteiger partial charge < -0.3 is 13.9 Å². The van der Waals surface area contributed by atoms with Crippen LogP contribution < -0.4 is 0 Å². The fraction of sp³-hybridized carbons (Fsp3) is 0.885. The Morgan fingerprint density at radius 1 is 1.03 bits per heavy atom. The van der Waals surface area contributed by atoms with E-state index in [0.717, 1.165) is 58.2 Å². The summed E-state index contributed by atoms with van der Waals surface area (Å²) in [5.41, 5.74) is 1.24. The first-order valence-electron chi connectivity index (χ1n) is 12.6. The van der Waals surface area contributed by atoms with Crippen molar-refractivity contribution in [3.05, 3.63) is 11.6 Å². The normalized spacial score (nSPS) is 46.3. The maximum absolute atomic E-state index is 13.2. The monoisotopic (exact) mass is 446 g/mol. The molecule has 1 aliphatic heterocycles. The number of carbonyl (C=O) groups excluding carboxylic acids is 1. The predicted molar refractivity (Wildman–Crippen MR) is 124 cm³/mol. The average molecular weight is 447 g/mol. The van der Waals surface area contributed by atoms with Gasteiger partial charge in [0.15, 0.2) is 19.9 Å². The van der Waals surface area contributed by atoms with Crippen LogP contribution in [0.5, 0.6) is 0 Å². The maximum Gasteiger partial charge on any atom is 0.185 e. The number of rotatable bonds is 3. The number of carbonyl (C=O) groups is 1. The van der Waals surface area contributed by atoms with E-state index in [9.17, 15) is 4.79 Å². The highest BCUT2D eigenvalue weighted by Crippen LogP contribution is 2.69. The summed E-state index contributed by atoms with van der Waals surface area (Å²) in [6, 6.07) is 0. The van der Waals surface area contributed by atoms with Crippen LogP contribution in [0.2, 0.25) is 19.6 Å². The van der Waals surface area contributed by atoms with E-state index in [1.165, 1.54) is 6.42 Å². The van der Waals surface area contributed by atoms with Gasteiger partial charge in [0.1, 0.15) is 5.60 Å². The van der Waals surface area contributed by atoms with Crippen molar-refractivity contribution in [2.45, 2.75) is 103 Å². The van der Waals surface area contributed by atoms with E-state index >= 15 is 0 Å². The lowest BCUT2D eigenvalue weighted by Crippen LogP contribution is -2.60. The number of hydrogen-bond acceptors (Lipinski definition) is 4. The van der Waals surface area contributed by atoms with Crippen molar-refractivity contribution in [1.29, 1.82) is 0 Å². The minimum absolute atomic E-state index is 0.0322. The number of ether oxygens (including phenoxy) is 2. The van der Waals surface area contributed by atoms with Crippen molar-refractivity contribution in [3.63, 3.8) is 0 Å². The Balaban J connectivity index is 1.46. The fourth-order valence-corrected chi connectivity index (χ4v) is 10.2. The summed E-state index contributed by atoms with van der Waals surface area (Å²) in [5.74, 6) is 1.88. The second-order valence-corrected chi connectivity index (χ2v) is 17.1. The second kappa shape index (κ2) is 7.01. The van der Waals surface area contributed by atoms with Crippen LogP contribution in [-0.2, 0) is 18.7 Å². The highest BCUT2D eigenvalue weighted by atomic mass is 28.4. The van der Waals surface area contributed by atoms with Crippen molar-refractivity contribution in [3.8, 4) is 0 Å². The molecule has 0 amide bonds. The van der Waals surface area contributed by atoms with Gasteiger partial charge >= 0.3 is 0 Å². The molecule has 4 fully saturated rings. The van der Waals surface area contributed by atoms with Crippen LogP contribution in [-0.4, -0.2) is 38.7 Å². The molecule has 0 N–H and O–H groups in total. The number of fused-ring (bicyclic) bond motifs is 5. The first-order valence-corrected chi connectivity index (χ1v) is 16.0. The van der Waals surface area contributed by atoms with Gasteiger partial charge in [0.25, 0.3) is 0 Å². The van der Waals surface area contributed by atoms with Crippen molar-refractivity contribution >= 4 is 14.1 Å². The quantitative estimate of drug-likeness (QED) is 0.402. The summed E-state index contributed by atoms with van der Waals surface area (Å²) in [6.45, 7) is 14.9. The number of Topliss-reactive ketones (excluding diaryl/α,β-unsaturated/α-hetero) is 1. The molecule has 0 unspecified atom stereocenters. The molecule has 31 heavy (non-hydrogen) atoms. The highest BCUT2D eigenvalue weighted by molar-refractivity contribution is 6.70. The fourth-order valence-electron chi connectivity index (χ4n) is 8.69. The van der Waals surface area contributed by atoms with Crippen molar-refractivity contribution in [2.24, 2.45) is 28.6 Å². The van der Waals surface area contributed by atoms with Gasteiger partial charge in [-0.15, -0.1) is 0 Å². The van der Waals surface area contributed by atoms with E-state index in [1.807, 2.05) is 0 Å². The lowest BCUT2D eigenvalue weighted by molar-refractivity contribution is -0.187. The lowest BCUT2D eigenvalue weighted by Gasteiger charge is -2.60. The number of allylic oxidation sites excluding steroid dienone is 1. The van der Waals surface area contributed by atoms with Crippen molar-refractivity contribution in [2.75, 3.05) is 13.2 Å². The van der Waals surface area contributed by atoms with Crippen molar-refractivity contribution in [1.82, 2.24) is 0 Å². The third-order valence-corrected chi connectivity index (χ3v) is 11.1. The molecule has 0 aromatic carbocycles. The SMILES string of the molecule is CC(=O)[C@@]1(O[Si](C)(C)C)CC[C@@H]2[C@@H]3CC=C4CC5(CC[C@]4(C)[C@H]3CC[C@@]21C)OCCO5. The van der Waals surface area contributed by atoms with E-state index in [4.69, 9.17) is 13.9 Å². The first kappa shape index (κ1) is 22.3. The molecule has 0 aromatic heterocycles. The minimum Gasteiger partial charge on any atom is -0.405 e. The van der Waals surface area contributed by atoms with E-state index in [1.54, 1.807) is 12.5 Å². The second-order valence-electron chi connectivity index (χ2n) is 12.6. The van der Waals surface area contributed by atoms with Crippen LogP contribution in [0, 0.1) is 28.6 Å². The molecular weight excluding hydrogens is 404 g/mol. The van der Waals surface area contributed by atoms with Gasteiger partial charge in [0, 0.05) is 18.3 Å². The van der Waals surface area contributed by atoms with E-state index < -0.39 is 13.9 Å². The average Bonchev–Trinajstić information content (AvgIpc) is 3.25. The third-order valence-electron chi connectivity index (χ3n) is 10.1. The van der Waals surface area contributed by atoms with Crippen LogP contribution >= 0.6 is 0 Å². The smallest absolute Gasteiger partial charge is 0.185 e. The zero-order valence-corrected chi connectivity index (χ0v) is 21.5. The van der Waals surface area contributed by atoms with Gasteiger partial charge in [0.2, 0.25) is 0 Å². The molecule has 174 valence electrons. The number of hydrogen-bond donors (Lipinski definition) is 0. The summed E-state index contributed by atoms with van der Waals surface area (Å²) in [6.07, 6.45) is 11.2. The molecule has 4 nitrogen and oxygen atoms in total. The van der Waals surface area contributed by atoms with Gasteiger partial charge in [-0.3, -0.25) is 4.79 Å². The number of ketones is 1. The molecule has 5 rings (SSSR count). The largest absolute Gasteiger partial charge is 0.405 e. The zero-order chi connectivity index (χ0) is 22.3. The molecular formula is C26H42O4Si. The summed E-state index contributed by atoms with van der Waals surface area (Å²) in [7, 11) is -1.85. The zero-order valence-electron chi connectivity index (χ0n) is 20.5. The van der Waals surface area contributed by atoms with E-state index in [0.29, 0.717) is 17.8 Å². The molecule has 1 heterocycles. The molecule has 0 radical (unpaired) electrons. The van der Waals surface area contributed by atoms with Gasteiger partial charge in [-0.25, -0.2) is 0 Å². The van der Waals surface area contributed by atoms with Crippen LogP contribution in [0.15, 0.2) is 11.6 Å². The van der Waals surface area contributed by atoms with Crippen molar-refractivity contribution < 1.29 is 18.7 Å². The lowest BCUT2D eigenvalue weighted by atomic mass is 9.46. The van der Waals surface area contributed by atoms with E-state index in [-0.39, 0.29) is 22.4 Å². The molecule has 0 aromatic rings. The van der Waals surface area contributed by atoms with Crippen LogP contribution in [0.4, 0.5) is 0 Å². The summed E-state index contributed by atoms with van der Waals surface area (Å²) >= 11 is 0. The molecule has 1 saturated heterocycles. The van der Waals surface area contributed by atoms with Gasteiger partial charge in [-0.2, -0.15) is 0 Å². The van der Waals surface area contributed by atoms with Gasteiger partial charge in [-0.1, -0.05) is 25.5 Å². The third kappa shape index (κ3) is 3.13. The molecule has 4 aliphatic carbocycles. The Morgan fingerprint density at radius 3 is 2.35 bits per heavy atom. The molecule has 0 bridgehead atoms. The Morgan fingerprint density at radius 2 is 1.71 bits per heavy atom. The Hall–Kier alpha value is -0.493. The van der Waals surface area contributed by atoms with E-state index in [2.05, 4.69) is 39.6 Å². The highest BCUT2D eigenvalue weighted by Gasteiger charge is 2.67. The topological polar surface area (TPSA) is 44.8 Å². The first-order chi connectivity index (χ1) is 14.4. The standard InChI is InChI=1S/C26H42O4Si/c1-18(27)26(30-31(4,5)6)12-10-22-20-8-7-19-17-25(28-15-16-29-25)14-13-23(19,2)21(20)9-11-24(22,26)3/h7,20-22H,8-17H2,1-6H3/t20-,21+,22-,23+,24+,26+/m1/s1. The molecule has 1 spiro atoms. The van der Waals surface area contributed by atoms with Gasteiger partial charge in [0.05, 0.1) is 13.2 Å². The van der Waals surface area contributed by atoms with Crippen LogP contribution in [0.25, 0.3) is 0 Å². The predicted octanol–water partition coefficient (Wildman–Crippen LogP) is 5.87. The maximum atomic E-state index is 13.2. The van der Waals surface area contributed by atoms with Crippen LogP contribution in [0.1, 0.15) is 72.1 Å². The molecule has 3 saturated carbocycles. The Bertz CT molecular complexity index is 794. The van der Waals surface area contributed by atoms with Gasteiger partial charge in [-0.05, 0) is 88.3 Å². The molecule has 5 heteroatoms. The summed E-state index contributed by atoms with van der Waals surface area (Å²) in [4.78, 5) is 13.2. The summed E-state index contributed by atoms with van der Waals surface area (Å²) < 4.78 is 19.0. The summed E-state index contributed by atoms with van der Waals surface area (Å²) in [5, 5.41) is 0. The Kier molecular flexibility index (Phi) is 5.04.